The molecule has 0 aliphatic rings. The SMILES string of the molecule is COc1cc2nccc(Nc3ccc4scnc4c3F)c2cc1P(C)C. The number of halogens is 1. The molecule has 0 spiro atoms. The van der Waals surface area contributed by atoms with Crippen LogP contribution in [0.2, 0.25) is 0 Å². The van der Waals surface area contributed by atoms with Crippen molar-refractivity contribution >= 4 is 57.1 Å². The van der Waals surface area contributed by atoms with E-state index in [1.54, 1.807) is 24.9 Å². The highest BCUT2D eigenvalue weighted by molar-refractivity contribution is 7.64. The molecule has 2 aromatic carbocycles. The molecule has 0 atom stereocenters. The van der Waals surface area contributed by atoms with Crippen molar-refractivity contribution in [3.8, 4) is 5.75 Å². The van der Waals surface area contributed by atoms with Crippen molar-refractivity contribution in [2.75, 3.05) is 25.8 Å². The van der Waals surface area contributed by atoms with Crippen LogP contribution in [0.1, 0.15) is 0 Å². The number of fused-ring (bicyclic) bond motifs is 2. The Morgan fingerprint density at radius 1 is 1.12 bits per heavy atom. The Balaban J connectivity index is 1.85. The summed E-state index contributed by atoms with van der Waals surface area (Å²) in [5.74, 6) is 0.504. The molecule has 0 aliphatic carbocycles. The average Bonchev–Trinajstić information content (AvgIpc) is 3.12. The molecule has 0 saturated carbocycles. The number of anilines is 2. The summed E-state index contributed by atoms with van der Waals surface area (Å²) in [6, 6.07) is 9.52. The zero-order valence-electron chi connectivity index (χ0n) is 14.6. The quantitative estimate of drug-likeness (QED) is 0.497. The lowest BCUT2D eigenvalue weighted by atomic mass is 10.1. The van der Waals surface area contributed by atoms with E-state index in [9.17, 15) is 4.39 Å². The Morgan fingerprint density at radius 2 is 1.96 bits per heavy atom. The number of thiazole rings is 1. The first-order chi connectivity index (χ1) is 12.6. The van der Waals surface area contributed by atoms with Crippen molar-refractivity contribution < 1.29 is 9.13 Å². The molecule has 132 valence electrons. The molecule has 1 N–H and O–H groups in total. The van der Waals surface area contributed by atoms with E-state index < -0.39 is 0 Å². The molecule has 0 saturated heterocycles. The summed E-state index contributed by atoms with van der Waals surface area (Å²) in [6.45, 7) is 4.36. The van der Waals surface area contributed by atoms with Crippen LogP contribution in [0, 0.1) is 5.82 Å². The van der Waals surface area contributed by atoms with Gasteiger partial charge in [0.15, 0.2) is 5.82 Å². The molecule has 0 amide bonds. The van der Waals surface area contributed by atoms with Crippen LogP contribution in [0.4, 0.5) is 15.8 Å². The standard InChI is InChI=1S/C19H17FN3OPS/c1-24-15-9-14-11(8-16(15)25(2)3)12(6-7-21-14)23-13-4-5-17-19(18(13)20)22-10-26-17/h4-10H,1-3H3,(H,21,23). The minimum atomic E-state index is -0.354. The molecule has 0 unspecified atom stereocenters. The van der Waals surface area contributed by atoms with Gasteiger partial charge in [0.1, 0.15) is 11.3 Å². The molecule has 7 heteroatoms. The zero-order chi connectivity index (χ0) is 18.3. The van der Waals surface area contributed by atoms with Gasteiger partial charge >= 0.3 is 0 Å². The molecular formula is C19H17FN3OPS. The van der Waals surface area contributed by atoms with Gasteiger partial charge in [-0.1, -0.05) is 7.92 Å². The number of nitrogens with zero attached hydrogens (tertiary/aromatic N) is 2. The van der Waals surface area contributed by atoms with Crippen LogP contribution in [0.25, 0.3) is 21.1 Å². The first-order valence-electron chi connectivity index (χ1n) is 8.01. The number of ether oxygens (including phenoxy) is 1. The Bertz CT molecular complexity index is 1110. The number of methoxy groups -OCH3 is 1. The topological polar surface area (TPSA) is 47.0 Å². The number of hydrogen-bond acceptors (Lipinski definition) is 5. The fourth-order valence-corrected chi connectivity index (χ4v) is 4.58. The van der Waals surface area contributed by atoms with Gasteiger partial charge in [0, 0.05) is 28.6 Å². The molecule has 26 heavy (non-hydrogen) atoms. The number of pyridine rings is 1. The third-order valence-corrected chi connectivity index (χ3v) is 6.34. The third kappa shape index (κ3) is 2.89. The molecule has 2 heterocycles. The van der Waals surface area contributed by atoms with Crippen molar-refractivity contribution in [3.05, 3.63) is 47.9 Å². The number of hydrogen-bond donors (Lipinski definition) is 1. The van der Waals surface area contributed by atoms with Crippen molar-refractivity contribution in [1.29, 1.82) is 0 Å². The maximum Gasteiger partial charge on any atom is 0.173 e. The number of rotatable bonds is 4. The molecule has 4 rings (SSSR count). The van der Waals surface area contributed by atoms with Crippen molar-refractivity contribution in [2.45, 2.75) is 0 Å². The maximum atomic E-state index is 14.8. The van der Waals surface area contributed by atoms with E-state index >= 15 is 0 Å². The molecular weight excluding hydrogens is 368 g/mol. The normalized spacial score (nSPS) is 11.4. The summed E-state index contributed by atoms with van der Waals surface area (Å²) < 4.78 is 21.1. The molecule has 4 nitrogen and oxygen atoms in total. The Kier molecular flexibility index (Phi) is 4.47. The second-order valence-electron chi connectivity index (χ2n) is 6.05. The first kappa shape index (κ1) is 17.1. The van der Waals surface area contributed by atoms with Gasteiger partial charge in [0.25, 0.3) is 0 Å². The molecule has 2 aromatic heterocycles. The van der Waals surface area contributed by atoms with Crippen LogP contribution in [0.3, 0.4) is 0 Å². The number of aromatic nitrogens is 2. The van der Waals surface area contributed by atoms with E-state index in [0.717, 1.165) is 32.3 Å². The van der Waals surface area contributed by atoms with E-state index in [-0.39, 0.29) is 13.7 Å². The van der Waals surface area contributed by atoms with Crippen LogP contribution in [-0.2, 0) is 0 Å². The van der Waals surface area contributed by atoms with Crippen LogP contribution in [0.15, 0.2) is 42.0 Å². The predicted molar refractivity (Wildman–Crippen MR) is 110 cm³/mol. The minimum Gasteiger partial charge on any atom is -0.496 e. The highest BCUT2D eigenvalue weighted by Gasteiger charge is 2.14. The second-order valence-corrected chi connectivity index (χ2v) is 9.20. The lowest BCUT2D eigenvalue weighted by Crippen LogP contribution is -2.06. The van der Waals surface area contributed by atoms with E-state index in [2.05, 4.69) is 34.7 Å². The summed E-state index contributed by atoms with van der Waals surface area (Å²) in [5.41, 5.74) is 4.07. The Morgan fingerprint density at radius 3 is 2.73 bits per heavy atom. The minimum absolute atomic E-state index is 0.337. The summed E-state index contributed by atoms with van der Waals surface area (Å²) in [7, 11) is 1.32. The third-order valence-electron chi connectivity index (χ3n) is 4.23. The van der Waals surface area contributed by atoms with Gasteiger partial charge in [-0.3, -0.25) is 4.98 Å². The van der Waals surface area contributed by atoms with Gasteiger partial charge in [-0.2, -0.15) is 0 Å². The highest BCUT2D eigenvalue weighted by atomic mass is 32.1. The lowest BCUT2D eigenvalue weighted by molar-refractivity contribution is 0.419. The van der Waals surface area contributed by atoms with Gasteiger partial charge in [0.2, 0.25) is 0 Å². The van der Waals surface area contributed by atoms with E-state index in [0.29, 0.717) is 11.2 Å². The van der Waals surface area contributed by atoms with Crippen molar-refractivity contribution in [3.63, 3.8) is 0 Å². The highest BCUT2D eigenvalue weighted by Crippen LogP contribution is 2.35. The molecule has 0 radical (unpaired) electrons. The average molecular weight is 385 g/mol. The second kappa shape index (κ2) is 6.78. The predicted octanol–water partition coefficient (Wildman–Crippen LogP) is 5.10. The van der Waals surface area contributed by atoms with Gasteiger partial charge in [0.05, 0.1) is 28.5 Å². The van der Waals surface area contributed by atoms with Gasteiger partial charge < -0.3 is 10.1 Å². The summed E-state index contributed by atoms with van der Waals surface area (Å²) in [5, 5.41) is 5.31. The Labute approximate surface area is 155 Å². The zero-order valence-corrected chi connectivity index (χ0v) is 16.3. The fraction of sp³-hybridized carbons (Fsp3) is 0.158. The van der Waals surface area contributed by atoms with Gasteiger partial charge in [-0.05, 0) is 37.6 Å². The van der Waals surface area contributed by atoms with Crippen molar-refractivity contribution in [1.82, 2.24) is 9.97 Å². The van der Waals surface area contributed by atoms with Crippen molar-refractivity contribution in [2.24, 2.45) is 0 Å². The molecule has 4 aromatic rings. The van der Waals surface area contributed by atoms with Gasteiger partial charge in [-0.15, -0.1) is 11.3 Å². The molecule has 0 bridgehead atoms. The first-order valence-corrected chi connectivity index (χ1v) is 11.1. The van der Waals surface area contributed by atoms with Crippen LogP contribution in [-0.4, -0.2) is 30.4 Å². The molecule has 0 fully saturated rings. The Hall–Kier alpha value is -2.30. The largest absolute Gasteiger partial charge is 0.496 e. The van der Waals surface area contributed by atoms with Crippen LogP contribution >= 0.6 is 19.3 Å². The summed E-state index contributed by atoms with van der Waals surface area (Å²) >= 11 is 1.43. The van der Waals surface area contributed by atoms with E-state index in [1.165, 1.54) is 11.3 Å². The van der Waals surface area contributed by atoms with E-state index in [4.69, 9.17) is 4.74 Å². The van der Waals surface area contributed by atoms with Crippen LogP contribution < -0.4 is 15.4 Å². The lowest BCUT2D eigenvalue weighted by Gasteiger charge is -2.16. The van der Waals surface area contributed by atoms with Gasteiger partial charge in [-0.25, -0.2) is 9.37 Å². The summed E-state index contributed by atoms with van der Waals surface area (Å²) in [4.78, 5) is 8.56. The number of nitrogens with one attached hydrogen (secondary N) is 1. The summed E-state index contributed by atoms with van der Waals surface area (Å²) in [6.07, 6.45) is 1.71. The number of benzene rings is 2. The molecule has 0 aliphatic heterocycles. The smallest absolute Gasteiger partial charge is 0.173 e. The maximum absolute atomic E-state index is 14.8. The van der Waals surface area contributed by atoms with Crippen LogP contribution in [0.5, 0.6) is 5.75 Å². The fourth-order valence-electron chi connectivity index (χ4n) is 2.92. The monoisotopic (exact) mass is 385 g/mol. The van der Waals surface area contributed by atoms with E-state index in [1.807, 2.05) is 18.2 Å².